The van der Waals surface area contributed by atoms with E-state index in [1.165, 1.54) is 0 Å². The molecule has 4 rings (SSSR count). The Morgan fingerprint density at radius 3 is 1.35 bits per heavy atom. The van der Waals surface area contributed by atoms with Crippen molar-refractivity contribution in [1.82, 2.24) is 19.9 Å². The van der Waals surface area contributed by atoms with Crippen LogP contribution >= 0.6 is 0 Å². The molecule has 0 bridgehead atoms. The molecule has 0 unspecified atom stereocenters. The fraction of sp³-hybridized carbons (Fsp3) is 0.154. The summed E-state index contributed by atoms with van der Waals surface area (Å²) in [5, 5.41) is 0. The molecule has 0 atom stereocenters. The van der Waals surface area contributed by atoms with Crippen LogP contribution in [0.15, 0.2) is 85.5 Å². The minimum Gasteiger partial charge on any atom is -0.461 e. The number of hydrogen-bond acceptors (Lipinski definition) is 8. The summed E-state index contributed by atoms with van der Waals surface area (Å²) >= 11 is 0. The summed E-state index contributed by atoms with van der Waals surface area (Å²) in [4.78, 5) is 41.1. The van der Waals surface area contributed by atoms with Gasteiger partial charge in [0.15, 0.2) is 0 Å². The van der Waals surface area contributed by atoms with Crippen LogP contribution in [-0.4, -0.2) is 31.9 Å². The maximum Gasteiger partial charge on any atom is 0.306 e. The summed E-state index contributed by atoms with van der Waals surface area (Å²) in [6.07, 6.45) is 6.56. The molecular formula is C26H22N4O4. The topological polar surface area (TPSA) is 104 Å². The highest BCUT2D eigenvalue weighted by atomic mass is 16.5. The number of carbonyl (C=O) groups excluding carboxylic acids is 2. The molecule has 4 aromatic heterocycles. The smallest absolute Gasteiger partial charge is 0.306 e. The lowest BCUT2D eigenvalue weighted by Crippen LogP contribution is -2.10. The van der Waals surface area contributed by atoms with Crippen LogP contribution in [0.5, 0.6) is 0 Å². The van der Waals surface area contributed by atoms with Crippen molar-refractivity contribution in [1.29, 1.82) is 0 Å². The van der Waals surface area contributed by atoms with Crippen molar-refractivity contribution >= 4 is 11.9 Å². The lowest BCUT2D eigenvalue weighted by Gasteiger charge is -2.07. The molecule has 0 aliphatic rings. The van der Waals surface area contributed by atoms with Crippen molar-refractivity contribution in [3.05, 3.63) is 96.6 Å². The number of aromatic nitrogens is 4. The largest absolute Gasteiger partial charge is 0.461 e. The molecule has 4 aromatic rings. The minimum atomic E-state index is -0.480. The van der Waals surface area contributed by atoms with E-state index in [1.54, 1.807) is 24.8 Å². The zero-order valence-corrected chi connectivity index (χ0v) is 18.3. The quantitative estimate of drug-likeness (QED) is 0.347. The average Bonchev–Trinajstić information content (AvgIpc) is 2.91. The molecule has 0 saturated carbocycles. The first-order valence-corrected chi connectivity index (χ1v) is 10.7. The predicted molar refractivity (Wildman–Crippen MR) is 124 cm³/mol. The SMILES string of the molecule is O=C(CCC(=O)OCc1ccc(-c2ccccn2)nc1)OCc1ccc(-c2ccccn2)nc1. The summed E-state index contributed by atoms with van der Waals surface area (Å²) in [5.41, 5.74) is 4.50. The van der Waals surface area contributed by atoms with Gasteiger partial charge in [-0.1, -0.05) is 24.3 Å². The standard InChI is InChI=1S/C26H22N4O4/c31-25(33-17-19-7-9-23(29-15-19)21-5-1-3-13-27-21)11-12-26(32)34-18-20-8-10-24(30-16-20)22-6-2-4-14-28-22/h1-10,13-16H,11-12,17-18H2. The molecule has 8 heteroatoms. The van der Waals surface area contributed by atoms with Gasteiger partial charge in [0.05, 0.1) is 35.6 Å². The van der Waals surface area contributed by atoms with Gasteiger partial charge in [0.1, 0.15) is 13.2 Å². The van der Waals surface area contributed by atoms with Gasteiger partial charge >= 0.3 is 11.9 Å². The molecule has 0 N–H and O–H groups in total. The van der Waals surface area contributed by atoms with Crippen LogP contribution in [0, 0.1) is 0 Å². The average molecular weight is 454 g/mol. The Balaban J connectivity index is 1.16. The second-order valence-corrected chi connectivity index (χ2v) is 7.35. The van der Waals surface area contributed by atoms with E-state index >= 15 is 0 Å². The molecular weight excluding hydrogens is 432 g/mol. The highest BCUT2D eigenvalue weighted by Crippen LogP contribution is 2.15. The van der Waals surface area contributed by atoms with Gasteiger partial charge in [-0.15, -0.1) is 0 Å². The van der Waals surface area contributed by atoms with Gasteiger partial charge in [0.2, 0.25) is 0 Å². The monoisotopic (exact) mass is 454 g/mol. The van der Waals surface area contributed by atoms with Crippen molar-refractivity contribution in [3.8, 4) is 22.8 Å². The van der Waals surface area contributed by atoms with Gasteiger partial charge in [-0.2, -0.15) is 0 Å². The van der Waals surface area contributed by atoms with Crippen molar-refractivity contribution in [3.63, 3.8) is 0 Å². The Bertz CT molecular complexity index is 1120. The zero-order valence-electron chi connectivity index (χ0n) is 18.3. The highest BCUT2D eigenvalue weighted by molar-refractivity contribution is 5.77. The van der Waals surface area contributed by atoms with Crippen LogP contribution < -0.4 is 0 Å². The molecule has 0 amide bonds. The van der Waals surface area contributed by atoms with Gasteiger partial charge in [-0.25, -0.2) is 0 Å². The minimum absolute atomic E-state index is 0.0604. The number of pyridine rings is 4. The van der Waals surface area contributed by atoms with Crippen LogP contribution in [0.3, 0.4) is 0 Å². The predicted octanol–water partition coefficient (Wildman–Crippen LogP) is 4.17. The van der Waals surface area contributed by atoms with Crippen molar-refractivity contribution in [2.45, 2.75) is 26.1 Å². The first-order valence-electron chi connectivity index (χ1n) is 10.7. The third-order valence-corrected chi connectivity index (χ3v) is 4.84. The number of esters is 2. The first-order chi connectivity index (χ1) is 16.7. The Morgan fingerprint density at radius 2 is 1.00 bits per heavy atom. The van der Waals surface area contributed by atoms with E-state index < -0.39 is 11.9 Å². The molecule has 4 heterocycles. The van der Waals surface area contributed by atoms with Crippen molar-refractivity contribution < 1.29 is 19.1 Å². The number of rotatable bonds is 9. The summed E-state index contributed by atoms with van der Waals surface area (Å²) in [7, 11) is 0. The van der Waals surface area contributed by atoms with Crippen molar-refractivity contribution in [2.24, 2.45) is 0 Å². The number of ether oxygens (including phenoxy) is 2. The lowest BCUT2D eigenvalue weighted by atomic mass is 10.2. The third kappa shape index (κ3) is 6.52. The summed E-state index contributed by atoms with van der Waals surface area (Å²) in [6, 6.07) is 18.5. The Kier molecular flexibility index (Phi) is 7.63. The third-order valence-electron chi connectivity index (χ3n) is 4.84. The molecule has 34 heavy (non-hydrogen) atoms. The molecule has 0 aliphatic heterocycles. The first kappa shape index (κ1) is 22.7. The van der Waals surface area contributed by atoms with Crippen LogP contribution in [-0.2, 0) is 32.3 Å². The summed E-state index contributed by atoms with van der Waals surface area (Å²) in [5.74, 6) is -0.959. The maximum atomic E-state index is 12.0. The van der Waals surface area contributed by atoms with Crippen LogP contribution in [0.4, 0.5) is 0 Å². The lowest BCUT2D eigenvalue weighted by molar-refractivity contribution is -0.151. The molecule has 0 saturated heterocycles. The molecule has 8 nitrogen and oxygen atoms in total. The van der Waals surface area contributed by atoms with Gasteiger partial charge in [0.25, 0.3) is 0 Å². The number of nitrogens with zero attached hydrogens (tertiary/aromatic N) is 4. The van der Waals surface area contributed by atoms with E-state index in [0.717, 1.165) is 33.9 Å². The van der Waals surface area contributed by atoms with E-state index in [1.807, 2.05) is 60.7 Å². The molecule has 0 aliphatic carbocycles. The number of hydrogen-bond donors (Lipinski definition) is 0. The fourth-order valence-corrected chi connectivity index (χ4v) is 3.03. The second kappa shape index (κ2) is 11.4. The van der Waals surface area contributed by atoms with Gasteiger partial charge < -0.3 is 9.47 Å². The Hall–Kier alpha value is -4.46. The van der Waals surface area contributed by atoms with E-state index in [9.17, 15) is 9.59 Å². The summed E-state index contributed by atoms with van der Waals surface area (Å²) in [6.45, 7) is 0.162. The number of carbonyl (C=O) groups is 2. The molecule has 0 radical (unpaired) electrons. The maximum absolute atomic E-state index is 12.0. The Labute approximate surface area is 196 Å². The van der Waals surface area contributed by atoms with Gasteiger partial charge in [0, 0.05) is 35.9 Å². The summed E-state index contributed by atoms with van der Waals surface area (Å²) < 4.78 is 10.4. The van der Waals surface area contributed by atoms with Gasteiger partial charge in [-0.3, -0.25) is 29.5 Å². The van der Waals surface area contributed by atoms with E-state index in [0.29, 0.717) is 0 Å². The molecule has 0 spiro atoms. The van der Waals surface area contributed by atoms with Crippen LogP contribution in [0.25, 0.3) is 22.8 Å². The highest BCUT2D eigenvalue weighted by Gasteiger charge is 2.11. The molecule has 0 fully saturated rings. The second-order valence-electron chi connectivity index (χ2n) is 7.35. The fourth-order valence-electron chi connectivity index (χ4n) is 3.03. The van der Waals surface area contributed by atoms with E-state index in [4.69, 9.17) is 9.47 Å². The van der Waals surface area contributed by atoms with Crippen molar-refractivity contribution in [2.75, 3.05) is 0 Å². The molecule has 0 aromatic carbocycles. The normalized spacial score (nSPS) is 10.5. The van der Waals surface area contributed by atoms with E-state index in [2.05, 4.69) is 19.9 Å². The van der Waals surface area contributed by atoms with Crippen LogP contribution in [0.2, 0.25) is 0 Å². The zero-order chi connectivity index (χ0) is 23.6. The van der Waals surface area contributed by atoms with Crippen LogP contribution in [0.1, 0.15) is 24.0 Å². The Morgan fingerprint density at radius 1 is 0.559 bits per heavy atom. The van der Waals surface area contributed by atoms with Gasteiger partial charge in [-0.05, 0) is 36.4 Å². The molecule has 170 valence electrons. The van der Waals surface area contributed by atoms with E-state index in [-0.39, 0.29) is 26.1 Å².